The van der Waals surface area contributed by atoms with E-state index in [0.717, 1.165) is 34.3 Å². The first-order valence-corrected chi connectivity index (χ1v) is 14.4. The molecule has 3 rings (SSSR count). The lowest BCUT2D eigenvalue weighted by atomic mass is 10.0. The molecule has 2 aliphatic rings. The van der Waals surface area contributed by atoms with Crippen LogP contribution in [0.5, 0.6) is 5.75 Å². The van der Waals surface area contributed by atoms with Crippen molar-refractivity contribution in [2.45, 2.75) is 73.0 Å². The SMILES string of the molecule is C=C1CCN(C(C)=O)CC1=NC(/C(C)=C/N=C(OC)C(C)OC)=C(\C)N1CCC(Oc2ccc(F)cc2F)CC1.CC. The quantitative estimate of drug-likeness (QED) is 0.202. The molecule has 2 saturated heterocycles. The normalized spacial score (nSPS) is 19.2. The first-order chi connectivity index (χ1) is 20.0. The second-order valence-electron chi connectivity index (χ2n) is 10.0. The Kier molecular flexibility index (Phi) is 13.9. The van der Waals surface area contributed by atoms with Crippen LogP contribution in [0.25, 0.3) is 0 Å². The molecule has 0 aromatic heterocycles. The topological polar surface area (TPSA) is 76.0 Å². The highest BCUT2D eigenvalue weighted by Gasteiger charge is 2.25. The fourth-order valence-corrected chi connectivity index (χ4v) is 4.61. The Balaban J connectivity index is 0.00000301. The summed E-state index contributed by atoms with van der Waals surface area (Å²) in [6.07, 6.45) is 3.17. The monoisotopic (exact) mass is 588 g/mol. The predicted molar refractivity (Wildman–Crippen MR) is 164 cm³/mol. The van der Waals surface area contributed by atoms with Crippen LogP contribution in [0.3, 0.4) is 0 Å². The van der Waals surface area contributed by atoms with Crippen LogP contribution in [0.2, 0.25) is 0 Å². The van der Waals surface area contributed by atoms with E-state index in [1.807, 2.05) is 34.6 Å². The van der Waals surface area contributed by atoms with Crippen molar-refractivity contribution in [1.82, 2.24) is 9.80 Å². The summed E-state index contributed by atoms with van der Waals surface area (Å²) in [6, 6.07) is 3.35. The highest BCUT2D eigenvalue weighted by molar-refractivity contribution is 6.04. The minimum atomic E-state index is -0.705. The van der Waals surface area contributed by atoms with Crippen molar-refractivity contribution >= 4 is 17.5 Å². The van der Waals surface area contributed by atoms with E-state index in [1.54, 1.807) is 32.2 Å². The maximum absolute atomic E-state index is 14.1. The molecular formula is C32H46F2N4O4. The maximum Gasteiger partial charge on any atom is 0.219 e. The Bertz CT molecular complexity index is 1220. The van der Waals surface area contributed by atoms with Gasteiger partial charge in [-0.1, -0.05) is 20.4 Å². The minimum Gasteiger partial charge on any atom is -0.487 e. The minimum absolute atomic E-state index is 0.00253. The summed E-state index contributed by atoms with van der Waals surface area (Å²) in [5.74, 6) is -0.854. The molecule has 42 heavy (non-hydrogen) atoms. The number of carbonyl (C=O) groups is 1. The Morgan fingerprint density at radius 3 is 2.33 bits per heavy atom. The molecule has 232 valence electrons. The number of ether oxygens (including phenoxy) is 3. The number of likely N-dealkylation sites (tertiary alicyclic amines) is 2. The molecule has 2 heterocycles. The highest BCUT2D eigenvalue weighted by atomic mass is 19.1. The lowest BCUT2D eigenvalue weighted by molar-refractivity contribution is -0.128. The molecule has 0 aliphatic carbocycles. The number of halogens is 2. The molecule has 0 spiro atoms. The number of aliphatic imine (C=N–C) groups is 2. The van der Waals surface area contributed by atoms with Crippen molar-refractivity contribution in [2.75, 3.05) is 40.4 Å². The van der Waals surface area contributed by atoms with E-state index in [-0.39, 0.29) is 23.9 Å². The molecule has 10 heteroatoms. The number of rotatable bonds is 8. The Morgan fingerprint density at radius 1 is 1.10 bits per heavy atom. The van der Waals surface area contributed by atoms with E-state index in [0.29, 0.717) is 51.3 Å². The van der Waals surface area contributed by atoms with Gasteiger partial charge < -0.3 is 24.0 Å². The third-order valence-corrected chi connectivity index (χ3v) is 7.24. The van der Waals surface area contributed by atoms with Crippen LogP contribution in [-0.2, 0) is 14.3 Å². The first kappa shape index (κ1) is 34.7. The molecule has 2 fully saturated rings. The molecule has 1 amide bonds. The fraction of sp³-hybridized carbons (Fsp3) is 0.531. The molecule has 0 saturated carbocycles. The maximum atomic E-state index is 14.1. The average Bonchev–Trinajstić information content (AvgIpc) is 2.99. The van der Waals surface area contributed by atoms with E-state index in [1.165, 1.54) is 12.1 Å². The van der Waals surface area contributed by atoms with E-state index >= 15 is 0 Å². The molecule has 1 unspecified atom stereocenters. The summed E-state index contributed by atoms with van der Waals surface area (Å²) >= 11 is 0. The highest BCUT2D eigenvalue weighted by Crippen LogP contribution is 2.28. The van der Waals surface area contributed by atoms with Crippen LogP contribution in [0.15, 0.2) is 63.5 Å². The third-order valence-electron chi connectivity index (χ3n) is 7.24. The Hall–Kier alpha value is -3.53. The smallest absolute Gasteiger partial charge is 0.219 e. The molecule has 1 aromatic rings. The Labute approximate surface area is 249 Å². The molecule has 1 atom stereocenters. The molecule has 1 aromatic carbocycles. The van der Waals surface area contributed by atoms with Gasteiger partial charge in [-0.2, -0.15) is 0 Å². The van der Waals surface area contributed by atoms with E-state index in [9.17, 15) is 13.6 Å². The van der Waals surface area contributed by atoms with Gasteiger partial charge in [0.15, 0.2) is 11.6 Å². The lowest BCUT2D eigenvalue weighted by Crippen LogP contribution is -2.40. The van der Waals surface area contributed by atoms with Crippen molar-refractivity contribution in [3.63, 3.8) is 0 Å². The predicted octanol–water partition coefficient (Wildman–Crippen LogP) is 6.30. The number of allylic oxidation sites excluding steroid dienone is 2. The third kappa shape index (κ3) is 9.51. The summed E-state index contributed by atoms with van der Waals surface area (Å²) in [7, 11) is 3.14. The molecule has 0 N–H and O–H groups in total. The summed E-state index contributed by atoms with van der Waals surface area (Å²) in [6.45, 7) is 17.9. The molecular weight excluding hydrogens is 542 g/mol. The average molecular weight is 589 g/mol. The van der Waals surface area contributed by atoms with Crippen LogP contribution in [0.1, 0.15) is 60.8 Å². The zero-order valence-corrected chi connectivity index (χ0v) is 26.3. The van der Waals surface area contributed by atoms with Crippen LogP contribution in [-0.4, -0.2) is 79.9 Å². The standard InChI is InChI=1S/C30H40F2N4O4.C2H6/c1-19-10-13-36(23(5)37)18-27(19)34-29(20(2)17-33-30(39-7)22(4)38-6)21(3)35-14-11-25(12-15-35)40-28-9-8-24(31)16-26(28)32;1-2/h8-9,16-17,22,25H,1,10-15,18H2,2-7H3;1-2H3/b20-17+,29-21+,33-30?,34-27?;. The van der Waals surface area contributed by atoms with Crippen molar-refractivity contribution in [3.05, 3.63) is 65.2 Å². The zero-order valence-electron chi connectivity index (χ0n) is 26.3. The molecule has 8 nitrogen and oxygen atoms in total. The number of amides is 1. The van der Waals surface area contributed by atoms with Crippen molar-refractivity contribution in [3.8, 4) is 5.75 Å². The number of carbonyl (C=O) groups excluding carboxylic acids is 1. The van der Waals surface area contributed by atoms with E-state index < -0.39 is 11.6 Å². The summed E-state index contributed by atoms with van der Waals surface area (Å²) < 4.78 is 43.9. The van der Waals surface area contributed by atoms with E-state index in [4.69, 9.17) is 19.2 Å². The van der Waals surface area contributed by atoms with Gasteiger partial charge in [-0.05, 0) is 50.5 Å². The van der Waals surface area contributed by atoms with Crippen molar-refractivity contribution < 1.29 is 27.8 Å². The van der Waals surface area contributed by atoms with Gasteiger partial charge in [-0.15, -0.1) is 0 Å². The van der Waals surface area contributed by atoms with Crippen LogP contribution in [0.4, 0.5) is 8.78 Å². The second-order valence-corrected chi connectivity index (χ2v) is 10.0. The number of nitrogens with zero attached hydrogens (tertiary/aromatic N) is 4. The van der Waals surface area contributed by atoms with Gasteiger partial charge >= 0.3 is 0 Å². The zero-order chi connectivity index (χ0) is 31.4. The van der Waals surface area contributed by atoms with Crippen molar-refractivity contribution in [2.24, 2.45) is 9.98 Å². The van der Waals surface area contributed by atoms with Crippen LogP contribution < -0.4 is 4.74 Å². The van der Waals surface area contributed by atoms with Gasteiger partial charge in [-0.25, -0.2) is 18.8 Å². The van der Waals surface area contributed by atoms with Gasteiger partial charge in [0.2, 0.25) is 11.8 Å². The van der Waals surface area contributed by atoms with Gasteiger partial charge in [0.25, 0.3) is 0 Å². The number of hydrogen-bond donors (Lipinski definition) is 0. The van der Waals surface area contributed by atoms with Crippen molar-refractivity contribution in [1.29, 1.82) is 0 Å². The summed E-state index contributed by atoms with van der Waals surface area (Å²) in [4.78, 5) is 25.6. The van der Waals surface area contributed by atoms with Crippen LogP contribution in [0, 0.1) is 11.6 Å². The van der Waals surface area contributed by atoms with Gasteiger partial charge in [0, 0.05) is 64.5 Å². The summed E-state index contributed by atoms with van der Waals surface area (Å²) in [5, 5.41) is 0. The number of hydrogen-bond acceptors (Lipinski definition) is 7. The second kappa shape index (κ2) is 16.8. The Morgan fingerprint density at radius 2 is 1.76 bits per heavy atom. The van der Waals surface area contributed by atoms with Gasteiger partial charge in [0.1, 0.15) is 18.0 Å². The lowest BCUT2D eigenvalue weighted by Gasteiger charge is -2.35. The first-order valence-electron chi connectivity index (χ1n) is 14.4. The largest absolute Gasteiger partial charge is 0.487 e. The number of piperidine rings is 2. The molecule has 2 aliphatic heterocycles. The van der Waals surface area contributed by atoms with E-state index in [2.05, 4.69) is 16.5 Å². The molecule has 0 bridgehead atoms. The number of methoxy groups -OCH3 is 2. The summed E-state index contributed by atoms with van der Waals surface area (Å²) in [5.41, 5.74) is 4.14. The molecule has 0 radical (unpaired) electrons. The van der Waals surface area contributed by atoms with Gasteiger partial charge in [0.05, 0.1) is 25.1 Å². The van der Waals surface area contributed by atoms with Crippen LogP contribution >= 0.6 is 0 Å². The fourth-order valence-electron chi connectivity index (χ4n) is 4.61. The van der Waals surface area contributed by atoms with Gasteiger partial charge in [-0.3, -0.25) is 4.79 Å². The number of benzene rings is 1.